The van der Waals surface area contributed by atoms with E-state index in [1.807, 2.05) is 18.2 Å². The van der Waals surface area contributed by atoms with Crippen LogP contribution in [-0.2, 0) is 16.1 Å². The lowest BCUT2D eigenvalue weighted by atomic mass is 9.76. The van der Waals surface area contributed by atoms with Crippen molar-refractivity contribution in [3.05, 3.63) is 70.0 Å². The first-order valence-electron chi connectivity index (χ1n) is 13.5. The topological polar surface area (TPSA) is 21.8 Å². The Morgan fingerprint density at radius 1 is 0.800 bits per heavy atom. The summed E-state index contributed by atoms with van der Waals surface area (Å²) in [5, 5.41) is 0. The number of ether oxygens (including phenoxy) is 2. The summed E-state index contributed by atoms with van der Waals surface area (Å²) in [6, 6.07) is 8.89. The number of halogens is 3. The number of hydrogen-bond donors (Lipinski definition) is 0. The van der Waals surface area contributed by atoms with Gasteiger partial charge in [0.2, 0.25) is 0 Å². The van der Waals surface area contributed by atoms with E-state index >= 15 is 8.78 Å². The number of hydrogen-bond acceptors (Lipinski definition) is 2. The van der Waals surface area contributed by atoms with Crippen molar-refractivity contribution < 1.29 is 22.6 Å². The van der Waals surface area contributed by atoms with Crippen LogP contribution in [0.25, 0.3) is 0 Å². The van der Waals surface area contributed by atoms with Gasteiger partial charge in [0.15, 0.2) is 11.6 Å². The fourth-order valence-electron chi connectivity index (χ4n) is 6.28. The summed E-state index contributed by atoms with van der Waals surface area (Å²) in [6.45, 7) is 3.16. The van der Waals surface area contributed by atoms with Gasteiger partial charge in [0.05, 0.1) is 19.3 Å². The van der Waals surface area contributed by atoms with E-state index in [0.29, 0.717) is 29.9 Å². The fraction of sp³-hybridized carbons (Fsp3) is 0.600. The van der Waals surface area contributed by atoms with E-state index in [4.69, 9.17) is 9.47 Å². The van der Waals surface area contributed by atoms with E-state index in [9.17, 15) is 4.39 Å². The third-order valence-corrected chi connectivity index (χ3v) is 8.47. The Labute approximate surface area is 207 Å². The van der Waals surface area contributed by atoms with Crippen LogP contribution in [0.4, 0.5) is 13.2 Å². The van der Waals surface area contributed by atoms with E-state index in [0.717, 1.165) is 62.8 Å². The van der Waals surface area contributed by atoms with Crippen molar-refractivity contribution in [1.82, 2.24) is 0 Å². The van der Waals surface area contributed by atoms with E-state index in [1.165, 1.54) is 18.9 Å². The molecule has 5 heteroatoms. The molecule has 0 spiro atoms. The van der Waals surface area contributed by atoms with Crippen molar-refractivity contribution in [3.63, 3.8) is 0 Å². The van der Waals surface area contributed by atoms with Crippen molar-refractivity contribution in [3.8, 4) is 0 Å². The predicted octanol–water partition coefficient (Wildman–Crippen LogP) is 8.49. The van der Waals surface area contributed by atoms with Crippen molar-refractivity contribution in [2.45, 2.75) is 102 Å². The molecule has 1 unspecified atom stereocenters. The van der Waals surface area contributed by atoms with Gasteiger partial charge >= 0.3 is 0 Å². The zero-order chi connectivity index (χ0) is 24.4. The average molecular weight is 487 g/mol. The highest BCUT2D eigenvalue weighted by atomic mass is 19.2. The zero-order valence-corrected chi connectivity index (χ0v) is 20.7. The summed E-state index contributed by atoms with van der Waals surface area (Å²) < 4.78 is 55.7. The van der Waals surface area contributed by atoms with Gasteiger partial charge in [-0.25, -0.2) is 13.2 Å². The molecule has 190 valence electrons. The molecule has 2 aromatic rings. The smallest absolute Gasteiger partial charge is 0.162 e. The summed E-state index contributed by atoms with van der Waals surface area (Å²) in [4.78, 5) is 0. The Morgan fingerprint density at radius 2 is 1.37 bits per heavy atom. The monoisotopic (exact) mass is 486 g/mol. The second-order valence-electron chi connectivity index (χ2n) is 10.8. The molecule has 0 N–H and O–H groups in total. The van der Waals surface area contributed by atoms with Crippen molar-refractivity contribution in [1.29, 1.82) is 0 Å². The molecule has 1 atom stereocenters. The second-order valence-corrected chi connectivity index (χ2v) is 10.8. The molecule has 3 aliphatic rings. The van der Waals surface area contributed by atoms with Gasteiger partial charge in [0.1, 0.15) is 11.9 Å². The second kappa shape index (κ2) is 11.0. The molecule has 0 aromatic heterocycles. The molecule has 2 nitrogen and oxygen atoms in total. The van der Waals surface area contributed by atoms with Crippen LogP contribution in [0, 0.1) is 23.4 Å². The molecule has 0 bridgehead atoms. The Bertz CT molecular complexity index is 1000. The summed E-state index contributed by atoms with van der Waals surface area (Å²) >= 11 is 0. The van der Waals surface area contributed by atoms with Crippen LogP contribution in [0.1, 0.15) is 111 Å². The molecule has 1 saturated heterocycles. The van der Waals surface area contributed by atoms with Gasteiger partial charge in [-0.3, -0.25) is 0 Å². The first-order valence-corrected chi connectivity index (χ1v) is 13.5. The van der Waals surface area contributed by atoms with Crippen LogP contribution in [0.15, 0.2) is 30.3 Å². The molecular formula is C30H37F3O2. The van der Waals surface area contributed by atoms with Gasteiger partial charge in [0.25, 0.3) is 0 Å². The minimum Gasteiger partial charge on any atom is -0.374 e. The molecule has 3 fully saturated rings. The quantitative estimate of drug-likeness (QED) is 0.349. The van der Waals surface area contributed by atoms with Crippen molar-refractivity contribution in [2.75, 3.05) is 6.61 Å². The normalized spacial score (nSPS) is 28.7. The largest absolute Gasteiger partial charge is 0.374 e. The molecular weight excluding hydrogens is 449 g/mol. The van der Waals surface area contributed by atoms with Gasteiger partial charge in [-0.05, 0) is 91.9 Å². The molecule has 0 amide bonds. The van der Waals surface area contributed by atoms with Gasteiger partial charge in [-0.1, -0.05) is 44.0 Å². The lowest BCUT2D eigenvalue weighted by Gasteiger charge is -2.31. The summed E-state index contributed by atoms with van der Waals surface area (Å²) in [6.07, 6.45) is 9.71. The molecule has 2 aliphatic carbocycles. The average Bonchev–Trinajstić information content (AvgIpc) is 3.71. The molecule has 0 radical (unpaired) electrons. The number of benzene rings is 2. The molecule has 35 heavy (non-hydrogen) atoms. The van der Waals surface area contributed by atoms with Crippen LogP contribution in [0.2, 0.25) is 0 Å². The maximum Gasteiger partial charge on any atom is 0.162 e. The SMILES string of the molecule is CCCC1CCC(c2ccc(C3CCC(OCc4ccc(C5CO5)c(F)c4)CC3)c(F)c2F)CC1. The van der Waals surface area contributed by atoms with Gasteiger partial charge in [-0.15, -0.1) is 0 Å². The highest BCUT2D eigenvalue weighted by Crippen LogP contribution is 2.41. The molecule has 2 saturated carbocycles. The standard InChI is InChI=1S/C30H37F3O2/c1-2-3-19-4-7-21(8-5-19)24-14-15-25(30(33)29(24)32)22-9-11-23(12-10-22)34-17-20-6-13-26(27(31)16-20)28-18-35-28/h6,13-16,19,21-23,28H,2-5,7-12,17-18H2,1H3. The van der Waals surface area contributed by atoms with Gasteiger partial charge < -0.3 is 9.47 Å². The first-order chi connectivity index (χ1) is 17.0. The summed E-state index contributed by atoms with van der Waals surface area (Å²) in [5.41, 5.74) is 2.51. The Balaban J connectivity index is 1.13. The minimum atomic E-state index is -0.641. The van der Waals surface area contributed by atoms with Crippen LogP contribution in [-0.4, -0.2) is 12.7 Å². The summed E-state index contributed by atoms with van der Waals surface area (Å²) in [5.74, 6) is -0.594. The predicted molar refractivity (Wildman–Crippen MR) is 131 cm³/mol. The third-order valence-electron chi connectivity index (χ3n) is 8.47. The van der Waals surface area contributed by atoms with E-state index < -0.39 is 11.6 Å². The molecule has 1 heterocycles. The zero-order valence-electron chi connectivity index (χ0n) is 20.7. The Hall–Kier alpha value is -1.85. The summed E-state index contributed by atoms with van der Waals surface area (Å²) in [7, 11) is 0. The Morgan fingerprint density at radius 3 is 1.91 bits per heavy atom. The van der Waals surface area contributed by atoms with Crippen LogP contribution >= 0.6 is 0 Å². The highest BCUT2D eigenvalue weighted by Gasteiger charge is 2.30. The van der Waals surface area contributed by atoms with E-state index in [2.05, 4.69) is 6.92 Å². The van der Waals surface area contributed by atoms with Gasteiger partial charge in [-0.2, -0.15) is 0 Å². The fourth-order valence-corrected chi connectivity index (χ4v) is 6.28. The molecule has 1 aliphatic heterocycles. The molecule has 5 rings (SSSR count). The lowest BCUT2D eigenvalue weighted by Crippen LogP contribution is -2.22. The maximum atomic E-state index is 15.1. The van der Waals surface area contributed by atoms with E-state index in [1.54, 1.807) is 6.07 Å². The Kier molecular flexibility index (Phi) is 7.83. The first kappa shape index (κ1) is 24.8. The number of rotatable bonds is 8. The van der Waals surface area contributed by atoms with Crippen molar-refractivity contribution in [2.24, 2.45) is 5.92 Å². The molecule has 2 aromatic carbocycles. The van der Waals surface area contributed by atoms with Crippen LogP contribution in [0.3, 0.4) is 0 Å². The minimum absolute atomic E-state index is 0.0222. The number of epoxide rings is 1. The van der Waals surface area contributed by atoms with Gasteiger partial charge in [0, 0.05) is 5.56 Å². The van der Waals surface area contributed by atoms with Crippen molar-refractivity contribution >= 4 is 0 Å². The highest BCUT2D eigenvalue weighted by molar-refractivity contribution is 5.32. The van der Waals surface area contributed by atoms with E-state index in [-0.39, 0.29) is 29.9 Å². The van der Waals surface area contributed by atoms with Crippen LogP contribution < -0.4 is 0 Å². The maximum absolute atomic E-state index is 15.1. The van der Waals surface area contributed by atoms with Crippen LogP contribution in [0.5, 0.6) is 0 Å². The lowest BCUT2D eigenvalue weighted by molar-refractivity contribution is 0.0130. The third kappa shape index (κ3) is 5.77.